The molecule has 0 saturated heterocycles. The second kappa shape index (κ2) is 4.44. The standard InChI is InChI=1S/C15H16FNO2/c1-8(9-2-3-9)15(19)11-6-10-4-5-14(18)17-13(10)7-12(11)16/h6-9H,2-5H2,1H3,(H,17,18). The van der Waals surface area contributed by atoms with Gasteiger partial charge in [-0.25, -0.2) is 4.39 Å². The molecule has 0 radical (unpaired) electrons. The summed E-state index contributed by atoms with van der Waals surface area (Å²) in [5.41, 5.74) is 1.53. The highest BCUT2D eigenvalue weighted by molar-refractivity contribution is 6.00. The number of aryl methyl sites for hydroxylation is 1. The molecule has 1 aliphatic carbocycles. The lowest BCUT2D eigenvalue weighted by Crippen LogP contribution is -2.21. The lowest BCUT2D eigenvalue weighted by Gasteiger charge is -2.19. The number of rotatable bonds is 3. The number of anilines is 1. The molecule has 100 valence electrons. The van der Waals surface area contributed by atoms with E-state index in [0.717, 1.165) is 18.4 Å². The van der Waals surface area contributed by atoms with E-state index in [-0.39, 0.29) is 23.2 Å². The third kappa shape index (κ3) is 2.27. The highest BCUT2D eigenvalue weighted by atomic mass is 19.1. The molecule has 1 aromatic carbocycles. The molecule has 0 spiro atoms. The number of hydrogen-bond donors (Lipinski definition) is 1. The summed E-state index contributed by atoms with van der Waals surface area (Å²) >= 11 is 0. The number of carbonyl (C=O) groups is 2. The third-order valence-electron chi connectivity index (χ3n) is 4.10. The maximum Gasteiger partial charge on any atom is 0.224 e. The van der Waals surface area contributed by atoms with Crippen LogP contribution in [0.5, 0.6) is 0 Å². The van der Waals surface area contributed by atoms with Crippen LogP contribution in [0.25, 0.3) is 0 Å². The fraction of sp³-hybridized carbons (Fsp3) is 0.467. The van der Waals surface area contributed by atoms with Gasteiger partial charge in [0.1, 0.15) is 5.82 Å². The molecule has 0 aromatic heterocycles. The summed E-state index contributed by atoms with van der Waals surface area (Å²) in [5.74, 6) is -0.427. The van der Waals surface area contributed by atoms with Gasteiger partial charge >= 0.3 is 0 Å². The molecular formula is C15H16FNO2. The van der Waals surface area contributed by atoms with E-state index < -0.39 is 5.82 Å². The first-order valence-corrected chi connectivity index (χ1v) is 6.72. The molecule has 1 N–H and O–H groups in total. The molecule has 1 fully saturated rings. The number of fused-ring (bicyclic) bond motifs is 1. The average Bonchev–Trinajstić information content (AvgIpc) is 3.20. The molecule has 1 amide bonds. The van der Waals surface area contributed by atoms with Crippen LogP contribution in [0.3, 0.4) is 0 Å². The van der Waals surface area contributed by atoms with Crippen molar-refractivity contribution in [2.75, 3.05) is 5.32 Å². The number of hydrogen-bond acceptors (Lipinski definition) is 2. The van der Waals surface area contributed by atoms with E-state index in [2.05, 4.69) is 5.32 Å². The molecule has 1 atom stereocenters. The zero-order valence-corrected chi connectivity index (χ0v) is 10.8. The normalized spacial score (nSPS) is 19.6. The first kappa shape index (κ1) is 12.3. The lowest BCUT2D eigenvalue weighted by molar-refractivity contribution is -0.116. The van der Waals surface area contributed by atoms with Crippen molar-refractivity contribution in [1.82, 2.24) is 0 Å². The van der Waals surface area contributed by atoms with E-state index in [1.807, 2.05) is 6.92 Å². The van der Waals surface area contributed by atoms with Gasteiger partial charge in [0.05, 0.1) is 5.56 Å². The summed E-state index contributed by atoms with van der Waals surface area (Å²) in [6, 6.07) is 2.89. The highest BCUT2D eigenvalue weighted by Gasteiger charge is 2.34. The summed E-state index contributed by atoms with van der Waals surface area (Å²) in [5, 5.41) is 2.64. The lowest BCUT2D eigenvalue weighted by atomic mass is 9.91. The second-order valence-electron chi connectivity index (χ2n) is 5.53. The van der Waals surface area contributed by atoms with Gasteiger partial charge in [0.2, 0.25) is 5.91 Å². The van der Waals surface area contributed by atoms with Crippen molar-refractivity contribution in [3.63, 3.8) is 0 Å². The minimum atomic E-state index is -0.529. The van der Waals surface area contributed by atoms with E-state index in [4.69, 9.17) is 0 Å². The van der Waals surface area contributed by atoms with Crippen molar-refractivity contribution in [3.8, 4) is 0 Å². The van der Waals surface area contributed by atoms with Gasteiger partial charge in [-0.3, -0.25) is 9.59 Å². The highest BCUT2D eigenvalue weighted by Crippen LogP contribution is 2.39. The van der Waals surface area contributed by atoms with Crippen LogP contribution in [0.4, 0.5) is 10.1 Å². The van der Waals surface area contributed by atoms with Crippen molar-refractivity contribution in [2.24, 2.45) is 11.8 Å². The van der Waals surface area contributed by atoms with Crippen LogP contribution in [-0.4, -0.2) is 11.7 Å². The zero-order chi connectivity index (χ0) is 13.6. The molecule has 4 heteroatoms. The van der Waals surface area contributed by atoms with Gasteiger partial charge in [0, 0.05) is 18.0 Å². The van der Waals surface area contributed by atoms with Crippen LogP contribution in [0.2, 0.25) is 0 Å². The fourth-order valence-corrected chi connectivity index (χ4v) is 2.65. The molecule has 3 nitrogen and oxygen atoms in total. The average molecular weight is 261 g/mol. The Bertz CT molecular complexity index is 564. The number of carbonyl (C=O) groups excluding carboxylic acids is 2. The number of nitrogens with one attached hydrogen (secondary N) is 1. The number of Topliss-reactive ketones (excluding diaryl/α,β-unsaturated/α-hetero) is 1. The van der Waals surface area contributed by atoms with Crippen LogP contribution < -0.4 is 5.32 Å². The van der Waals surface area contributed by atoms with Crippen LogP contribution in [0, 0.1) is 17.7 Å². The van der Waals surface area contributed by atoms with E-state index in [1.165, 1.54) is 6.07 Å². The van der Waals surface area contributed by atoms with E-state index >= 15 is 0 Å². The Morgan fingerprint density at radius 1 is 1.37 bits per heavy atom. The van der Waals surface area contributed by atoms with Crippen LogP contribution >= 0.6 is 0 Å². The number of benzene rings is 1. The zero-order valence-electron chi connectivity index (χ0n) is 10.8. The molecule has 3 rings (SSSR count). The molecule has 1 saturated carbocycles. The fourth-order valence-electron chi connectivity index (χ4n) is 2.65. The van der Waals surface area contributed by atoms with Gasteiger partial charge in [-0.15, -0.1) is 0 Å². The Balaban J connectivity index is 1.93. The number of ketones is 1. The Morgan fingerprint density at radius 2 is 2.11 bits per heavy atom. The van der Waals surface area contributed by atoms with Crippen molar-refractivity contribution in [1.29, 1.82) is 0 Å². The minimum absolute atomic E-state index is 0.0997. The third-order valence-corrected chi connectivity index (χ3v) is 4.10. The Hall–Kier alpha value is -1.71. The van der Waals surface area contributed by atoms with E-state index in [9.17, 15) is 14.0 Å². The van der Waals surface area contributed by atoms with Gasteiger partial charge in [-0.05, 0) is 42.9 Å². The van der Waals surface area contributed by atoms with E-state index in [0.29, 0.717) is 24.4 Å². The Labute approximate surface area is 111 Å². The number of halogens is 1. The summed E-state index contributed by atoms with van der Waals surface area (Å²) in [4.78, 5) is 23.5. The molecule has 1 aromatic rings. The molecule has 19 heavy (non-hydrogen) atoms. The van der Waals surface area contributed by atoms with Crippen molar-refractivity contribution in [3.05, 3.63) is 29.1 Å². The van der Waals surface area contributed by atoms with Gasteiger partial charge in [-0.2, -0.15) is 0 Å². The molecule has 0 bridgehead atoms. The molecule has 1 unspecified atom stereocenters. The first-order chi connectivity index (χ1) is 9.06. The summed E-state index contributed by atoms with van der Waals surface area (Å²) in [6.45, 7) is 1.88. The van der Waals surface area contributed by atoms with Crippen molar-refractivity contribution < 1.29 is 14.0 Å². The Morgan fingerprint density at radius 3 is 2.79 bits per heavy atom. The summed E-state index contributed by atoms with van der Waals surface area (Å²) in [7, 11) is 0. The molecule has 1 aliphatic heterocycles. The molecule has 2 aliphatic rings. The molecule has 1 heterocycles. The SMILES string of the molecule is CC(C(=O)c1cc2c(cc1F)NC(=O)CC2)C1CC1. The quantitative estimate of drug-likeness (QED) is 0.850. The largest absolute Gasteiger partial charge is 0.326 e. The topological polar surface area (TPSA) is 46.2 Å². The van der Waals surface area contributed by atoms with Gasteiger partial charge in [0.25, 0.3) is 0 Å². The summed E-state index contributed by atoms with van der Waals surface area (Å²) < 4.78 is 14.0. The van der Waals surface area contributed by atoms with Crippen LogP contribution in [-0.2, 0) is 11.2 Å². The maximum atomic E-state index is 14.0. The van der Waals surface area contributed by atoms with Gasteiger partial charge in [-0.1, -0.05) is 6.92 Å². The second-order valence-corrected chi connectivity index (χ2v) is 5.53. The smallest absolute Gasteiger partial charge is 0.224 e. The van der Waals surface area contributed by atoms with Gasteiger partial charge < -0.3 is 5.32 Å². The maximum absolute atomic E-state index is 14.0. The predicted molar refractivity (Wildman–Crippen MR) is 69.6 cm³/mol. The summed E-state index contributed by atoms with van der Waals surface area (Å²) in [6.07, 6.45) is 3.09. The predicted octanol–water partition coefficient (Wildman–Crippen LogP) is 2.94. The van der Waals surface area contributed by atoms with Crippen LogP contribution in [0.15, 0.2) is 12.1 Å². The van der Waals surface area contributed by atoms with Crippen LogP contribution in [0.1, 0.15) is 42.1 Å². The van der Waals surface area contributed by atoms with E-state index in [1.54, 1.807) is 6.07 Å². The van der Waals surface area contributed by atoms with Crippen molar-refractivity contribution >= 4 is 17.4 Å². The minimum Gasteiger partial charge on any atom is -0.326 e. The first-order valence-electron chi connectivity index (χ1n) is 6.72. The monoisotopic (exact) mass is 261 g/mol. The Kier molecular flexibility index (Phi) is 2.88. The molecular weight excluding hydrogens is 245 g/mol. The number of amides is 1. The van der Waals surface area contributed by atoms with Crippen molar-refractivity contribution in [2.45, 2.75) is 32.6 Å². The van der Waals surface area contributed by atoms with Gasteiger partial charge in [0.15, 0.2) is 5.78 Å².